The maximum Gasteiger partial charge on any atom is 0.339 e. The molecule has 0 aromatic rings. The van der Waals surface area contributed by atoms with E-state index in [-0.39, 0.29) is 6.54 Å². The van der Waals surface area contributed by atoms with E-state index < -0.39 is 25.5 Å². The van der Waals surface area contributed by atoms with Gasteiger partial charge >= 0.3 is 13.6 Å². The molecule has 0 aliphatic carbocycles. The molecule has 0 radical (unpaired) electrons. The number of rotatable bonds is 4. The minimum absolute atomic E-state index is 0.206. The molecule has 0 fully saturated rings. The first-order valence-electron chi connectivity index (χ1n) is 4.07. The van der Waals surface area contributed by atoms with Crippen molar-refractivity contribution >= 4 is 13.6 Å². The first-order chi connectivity index (χ1) is 6.10. The number of esters is 1. The standard InChI is InChI=1S/C7H16NO5P/c1-7(2,3)13-6(9)4-8-5-14(10,11)12/h8H,4-5H2,1-3H3,(H2,10,11,12). The Kier molecular flexibility index (Phi) is 4.74. The van der Waals surface area contributed by atoms with Crippen LogP contribution >= 0.6 is 7.60 Å². The fourth-order valence-corrected chi connectivity index (χ4v) is 1.08. The number of ether oxygens (including phenoxy) is 1. The molecule has 0 aliphatic rings. The van der Waals surface area contributed by atoms with Gasteiger partial charge in [0.2, 0.25) is 0 Å². The van der Waals surface area contributed by atoms with Crippen LogP contribution in [0.5, 0.6) is 0 Å². The Morgan fingerprint density at radius 3 is 2.29 bits per heavy atom. The van der Waals surface area contributed by atoms with Gasteiger partial charge in [0.1, 0.15) is 5.60 Å². The van der Waals surface area contributed by atoms with E-state index in [4.69, 9.17) is 14.5 Å². The van der Waals surface area contributed by atoms with Gasteiger partial charge in [-0.25, -0.2) is 0 Å². The zero-order valence-electron chi connectivity index (χ0n) is 8.48. The van der Waals surface area contributed by atoms with E-state index in [2.05, 4.69) is 5.32 Å². The van der Waals surface area contributed by atoms with Crippen molar-refractivity contribution in [1.29, 1.82) is 0 Å². The molecular weight excluding hydrogens is 209 g/mol. The monoisotopic (exact) mass is 225 g/mol. The molecule has 0 unspecified atom stereocenters. The predicted molar refractivity (Wildman–Crippen MR) is 50.8 cm³/mol. The van der Waals surface area contributed by atoms with Crippen molar-refractivity contribution in [2.75, 3.05) is 12.8 Å². The van der Waals surface area contributed by atoms with Crippen LogP contribution in [0.4, 0.5) is 0 Å². The van der Waals surface area contributed by atoms with Crippen molar-refractivity contribution < 1.29 is 23.9 Å². The van der Waals surface area contributed by atoms with Crippen LogP contribution in [0.3, 0.4) is 0 Å². The highest BCUT2D eigenvalue weighted by Crippen LogP contribution is 2.31. The van der Waals surface area contributed by atoms with E-state index >= 15 is 0 Å². The van der Waals surface area contributed by atoms with Gasteiger partial charge in [0, 0.05) is 0 Å². The van der Waals surface area contributed by atoms with Gasteiger partial charge in [0.15, 0.2) is 0 Å². The molecule has 0 rings (SSSR count). The molecule has 0 saturated heterocycles. The first kappa shape index (κ1) is 13.6. The van der Waals surface area contributed by atoms with Crippen molar-refractivity contribution in [1.82, 2.24) is 5.32 Å². The van der Waals surface area contributed by atoms with Crippen LogP contribution in [0.25, 0.3) is 0 Å². The topological polar surface area (TPSA) is 95.9 Å². The van der Waals surface area contributed by atoms with Gasteiger partial charge < -0.3 is 14.5 Å². The van der Waals surface area contributed by atoms with Gasteiger partial charge in [-0.2, -0.15) is 0 Å². The first-order valence-corrected chi connectivity index (χ1v) is 5.87. The summed E-state index contributed by atoms with van der Waals surface area (Å²) in [5, 5.41) is 2.31. The summed E-state index contributed by atoms with van der Waals surface area (Å²) in [4.78, 5) is 27.9. The minimum Gasteiger partial charge on any atom is -0.459 e. The van der Waals surface area contributed by atoms with Crippen molar-refractivity contribution in [2.45, 2.75) is 26.4 Å². The van der Waals surface area contributed by atoms with Crippen LogP contribution in [-0.4, -0.2) is 34.2 Å². The van der Waals surface area contributed by atoms with E-state index in [9.17, 15) is 9.36 Å². The summed E-state index contributed by atoms with van der Waals surface area (Å²) in [7, 11) is -4.09. The molecule has 84 valence electrons. The van der Waals surface area contributed by atoms with Crippen molar-refractivity contribution in [3.8, 4) is 0 Å². The summed E-state index contributed by atoms with van der Waals surface area (Å²) < 4.78 is 15.3. The van der Waals surface area contributed by atoms with Crippen LogP contribution in [-0.2, 0) is 14.1 Å². The molecule has 0 spiro atoms. The molecular formula is C7H16NO5P. The Labute approximate surface area is 82.8 Å². The lowest BCUT2D eigenvalue weighted by Gasteiger charge is -2.19. The predicted octanol–water partition coefficient (Wildman–Crippen LogP) is 0.0529. The molecule has 7 heteroatoms. The van der Waals surface area contributed by atoms with Crippen molar-refractivity contribution in [2.24, 2.45) is 0 Å². The second-order valence-corrected chi connectivity index (χ2v) is 5.48. The molecule has 0 aromatic carbocycles. The Balaban J connectivity index is 3.72. The van der Waals surface area contributed by atoms with Crippen LogP contribution < -0.4 is 5.32 Å². The molecule has 0 aliphatic heterocycles. The van der Waals surface area contributed by atoms with E-state index in [1.165, 1.54) is 0 Å². The fraction of sp³-hybridized carbons (Fsp3) is 0.857. The van der Waals surface area contributed by atoms with Gasteiger partial charge in [-0.3, -0.25) is 14.7 Å². The van der Waals surface area contributed by atoms with E-state index in [0.29, 0.717) is 0 Å². The third-order valence-corrected chi connectivity index (χ3v) is 1.64. The smallest absolute Gasteiger partial charge is 0.339 e. The third kappa shape index (κ3) is 9.67. The molecule has 0 bridgehead atoms. The molecule has 3 N–H and O–H groups in total. The normalized spacial score (nSPS) is 12.6. The lowest BCUT2D eigenvalue weighted by Crippen LogP contribution is -2.31. The Hall–Kier alpha value is -0.420. The average molecular weight is 225 g/mol. The van der Waals surface area contributed by atoms with Gasteiger partial charge in [0.05, 0.1) is 12.8 Å². The van der Waals surface area contributed by atoms with E-state index in [0.717, 1.165) is 0 Å². The number of carbonyl (C=O) groups is 1. The van der Waals surface area contributed by atoms with Gasteiger partial charge in [0.25, 0.3) is 0 Å². The number of hydrogen-bond donors (Lipinski definition) is 3. The van der Waals surface area contributed by atoms with E-state index in [1.807, 2.05) is 0 Å². The van der Waals surface area contributed by atoms with Crippen LogP contribution in [0.2, 0.25) is 0 Å². The average Bonchev–Trinajstić information content (AvgIpc) is 1.78. The summed E-state index contributed by atoms with van der Waals surface area (Å²) in [6, 6.07) is 0. The largest absolute Gasteiger partial charge is 0.459 e. The third-order valence-electron chi connectivity index (χ3n) is 1.01. The summed E-state index contributed by atoms with van der Waals surface area (Å²) in [5.41, 5.74) is -0.582. The van der Waals surface area contributed by atoms with E-state index in [1.54, 1.807) is 20.8 Å². The molecule has 0 saturated carbocycles. The van der Waals surface area contributed by atoms with Gasteiger partial charge in [-0.1, -0.05) is 0 Å². The zero-order valence-corrected chi connectivity index (χ0v) is 9.38. The summed E-state index contributed by atoms with van der Waals surface area (Å²) in [6.45, 7) is 4.94. The number of nitrogens with one attached hydrogen (secondary N) is 1. The molecule has 14 heavy (non-hydrogen) atoms. The highest BCUT2D eigenvalue weighted by Gasteiger charge is 2.17. The maximum absolute atomic E-state index is 11.0. The Bertz CT molecular complexity index is 241. The summed E-state index contributed by atoms with van der Waals surface area (Å²) >= 11 is 0. The molecule has 6 nitrogen and oxygen atoms in total. The van der Waals surface area contributed by atoms with Crippen molar-refractivity contribution in [3.05, 3.63) is 0 Å². The molecule has 0 amide bonds. The zero-order chi connectivity index (χ0) is 11.4. The van der Waals surface area contributed by atoms with Crippen LogP contribution in [0.1, 0.15) is 20.8 Å². The quantitative estimate of drug-likeness (QED) is 0.462. The second-order valence-electron chi connectivity index (χ2n) is 3.84. The second kappa shape index (κ2) is 4.89. The number of hydrogen-bond acceptors (Lipinski definition) is 4. The minimum atomic E-state index is -4.09. The lowest BCUT2D eigenvalue weighted by molar-refractivity contribution is -0.153. The Morgan fingerprint density at radius 1 is 1.43 bits per heavy atom. The van der Waals surface area contributed by atoms with Crippen LogP contribution in [0.15, 0.2) is 0 Å². The van der Waals surface area contributed by atoms with Crippen molar-refractivity contribution in [3.63, 3.8) is 0 Å². The highest BCUT2D eigenvalue weighted by atomic mass is 31.2. The fourth-order valence-electron chi connectivity index (χ4n) is 0.681. The highest BCUT2D eigenvalue weighted by molar-refractivity contribution is 7.51. The molecule has 0 aromatic heterocycles. The summed E-state index contributed by atoms with van der Waals surface area (Å²) in [6.07, 6.45) is -0.522. The van der Waals surface area contributed by atoms with Crippen LogP contribution in [0, 0.1) is 0 Å². The maximum atomic E-state index is 11.0. The lowest BCUT2D eigenvalue weighted by atomic mass is 10.2. The Morgan fingerprint density at radius 2 is 1.93 bits per heavy atom. The molecule has 0 heterocycles. The molecule has 0 atom stereocenters. The SMILES string of the molecule is CC(C)(C)OC(=O)CNCP(=O)(O)O. The van der Waals surface area contributed by atoms with Gasteiger partial charge in [-0.15, -0.1) is 0 Å². The number of carbonyl (C=O) groups excluding carboxylic acids is 1. The van der Waals surface area contributed by atoms with Gasteiger partial charge in [-0.05, 0) is 20.8 Å². The summed E-state index contributed by atoms with van der Waals surface area (Å²) in [5.74, 6) is -0.536.